The lowest BCUT2D eigenvalue weighted by molar-refractivity contribution is 0.553. The van der Waals surface area contributed by atoms with Crippen molar-refractivity contribution in [2.45, 2.75) is 59.0 Å². The second-order valence-corrected chi connectivity index (χ2v) is 8.09. The predicted octanol–water partition coefficient (Wildman–Crippen LogP) is 4.31. The van der Waals surface area contributed by atoms with Gasteiger partial charge in [-0.3, -0.25) is 0 Å². The van der Waals surface area contributed by atoms with E-state index in [-0.39, 0.29) is 11.5 Å². The standard InChI is InChI=1S/C15H23N3S2/c1-6-11-7-17-14(20-11)10(2)16-8-13-18-12(9-19-13)15(3,4)5/h7,9-10,16H,6,8H2,1-5H3. The van der Waals surface area contributed by atoms with Crippen molar-refractivity contribution in [3.63, 3.8) is 0 Å². The molecule has 0 saturated heterocycles. The van der Waals surface area contributed by atoms with Gasteiger partial charge in [0.25, 0.3) is 0 Å². The summed E-state index contributed by atoms with van der Waals surface area (Å²) in [5.41, 5.74) is 1.31. The minimum Gasteiger partial charge on any atom is -0.302 e. The van der Waals surface area contributed by atoms with Gasteiger partial charge in [-0.15, -0.1) is 22.7 Å². The monoisotopic (exact) mass is 309 g/mol. The molecule has 0 aromatic carbocycles. The number of nitrogens with one attached hydrogen (secondary N) is 1. The van der Waals surface area contributed by atoms with E-state index in [0.717, 1.165) is 23.0 Å². The van der Waals surface area contributed by atoms with Crippen LogP contribution in [0.5, 0.6) is 0 Å². The summed E-state index contributed by atoms with van der Waals surface area (Å²) in [5, 5.41) is 7.99. The van der Waals surface area contributed by atoms with E-state index in [4.69, 9.17) is 4.98 Å². The molecule has 3 nitrogen and oxygen atoms in total. The predicted molar refractivity (Wildman–Crippen MR) is 87.6 cm³/mol. The Morgan fingerprint density at radius 3 is 2.65 bits per heavy atom. The molecule has 2 rings (SSSR count). The van der Waals surface area contributed by atoms with Crippen molar-refractivity contribution >= 4 is 22.7 Å². The van der Waals surface area contributed by atoms with Crippen molar-refractivity contribution in [3.8, 4) is 0 Å². The highest BCUT2D eigenvalue weighted by atomic mass is 32.1. The average molecular weight is 310 g/mol. The van der Waals surface area contributed by atoms with E-state index in [2.05, 4.69) is 50.3 Å². The maximum atomic E-state index is 4.71. The number of hydrogen-bond acceptors (Lipinski definition) is 5. The third kappa shape index (κ3) is 3.87. The first-order chi connectivity index (χ1) is 9.40. The van der Waals surface area contributed by atoms with E-state index >= 15 is 0 Å². The molecular formula is C15H23N3S2. The second-order valence-electron chi connectivity index (χ2n) is 6.00. The second kappa shape index (κ2) is 6.33. The van der Waals surface area contributed by atoms with Crippen LogP contribution in [0.4, 0.5) is 0 Å². The maximum Gasteiger partial charge on any atom is 0.109 e. The largest absolute Gasteiger partial charge is 0.302 e. The van der Waals surface area contributed by atoms with Gasteiger partial charge in [-0.05, 0) is 13.3 Å². The summed E-state index contributed by atoms with van der Waals surface area (Å²) < 4.78 is 0. The normalized spacial score (nSPS) is 13.7. The fourth-order valence-corrected chi connectivity index (χ4v) is 3.61. The minimum atomic E-state index is 0.131. The fraction of sp³-hybridized carbons (Fsp3) is 0.600. The van der Waals surface area contributed by atoms with Crippen molar-refractivity contribution in [2.75, 3.05) is 0 Å². The number of aryl methyl sites for hydroxylation is 1. The Labute approximate surface area is 129 Å². The van der Waals surface area contributed by atoms with E-state index in [0.29, 0.717) is 0 Å². The molecule has 2 aromatic heterocycles. The molecule has 20 heavy (non-hydrogen) atoms. The molecule has 1 atom stereocenters. The Balaban J connectivity index is 1.93. The quantitative estimate of drug-likeness (QED) is 0.894. The van der Waals surface area contributed by atoms with Crippen LogP contribution >= 0.6 is 22.7 Å². The third-order valence-electron chi connectivity index (χ3n) is 3.17. The third-order valence-corrected chi connectivity index (χ3v) is 5.34. The molecule has 1 unspecified atom stereocenters. The highest BCUT2D eigenvalue weighted by Gasteiger charge is 2.17. The van der Waals surface area contributed by atoms with Crippen molar-refractivity contribution in [1.29, 1.82) is 0 Å². The molecule has 0 spiro atoms. The summed E-state index contributed by atoms with van der Waals surface area (Å²) >= 11 is 3.53. The SMILES string of the molecule is CCc1cnc(C(C)NCc2nc(C(C)(C)C)cs2)s1. The van der Waals surface area contributed by atoms with Crippen LogP contribution in [-0.2, 0) is 18.4 Å². The van der Waals surface area contributed by atoms with Gasteiger partial charge < -0.3 is 5.32 Å². The summed E-state index contributed by atoms with van der Waals surface area (Å²) in [6.07, 6.45) is 3.05. The maximum absolute atomic E-state index is 4.71. The summed E-state index contributed by atoms with van der Waals surface area (Å²) in [5.74, 6) is 0. The van der Waals surface area contributed by atoms with Crippen molar-refractivity contribution in [1.82, 2.24) is 15.3 Å². The van der Waals surface area contributed by atoms with E-state index < -0.39 is 0 Å². The van der Waals surface area contributed by atoms with E-state index in [1.165, 1.54) is 10.6 Å². The number of thiazole rings is 2. The van der Waals surface area contributed by atoms with Crippen LogP contribution in [0, 0.1) is 0 Å². The lowest BCUT2D eigenvalue weighted by Crippen LogP contribution is -2.18. The van der Waals surface area contributed by atoms with Crippen LogP contribution in [0.2, 0.25) is 0 Å². The molecule has 110 valence electrons. The minimum absolute atomic E-state index is 0.131. The zero-order chi connectivity index (χ0) is 14.8. The van der Waals surface area contributed by atoms with Crippen LogP contribution in [0.15, 0.2) is 11.6 Å². The summed E-state index contributed by atoms with van der Waals surface area (Å²) in [4.78, 5) is 10.5. The van der Waals surface area contributed by atoms with Gasteiger partial charge in [0.1, 0.15) is 10.0 Å². The summed E-state index contributed by atoms with van der Waals surface area (Å²) in [6.45, 7) is 11.7. The first kappa shape index (κ1) is 15.6. The fourth-order valence-electron chi connectivity index (χ4n) is 1.75. The number of nitrogens with zero attached hydrogens (tertiary/aromatic N) is 2. The molecule has 2 heterocycles. The van der Waals surface area contributed by atoms with Gasteiger partial charge in [0.2, 0.25) is 0 Å². The van der Waals surface area contributed by atoms with Gasteiger partial charge in [-0.1, -0.05) is 27.7 Å². The van der Waals surface area contributed by atoms with Crippen LogP contribution in [-0.4, -0.2) is 9.97 Å². The van der Waals surface area contributed by atoms with E-state index in [9.17, 15) is 0 Å². The highest BCUT2D eigenvalue weighted by molar-refractivity contribution is 7.11. The van der Waals surface area contributed by atoms with Crippen molar-refractivity contribution in [3.05, 3.63) is 32.2 Å². The van der Waals surface area contributed by atoms with Gasteiger partial charge in [0.15, 0.2) is 0 Å². The lowest BCUT2D eigenvalue weighted by Gasteiger charge is -2.14. The Kier molecular flexibility index (Phi) is 4.94. The zero-order valence-electron chi connectivity index (χ0n) is 12.9. The molecular weight excluding hydrogens is 286 g/mol. The molecule has 2 aromatic rings. The molecule has 0 radical (unpaired) electrons. The molecule has 0 fully saturated rings. The van der Waals surface area contributed by atoms with Crippen LogP contribution in [0.1, 0.15) is 61.2 Å². The van der Waals surface area contributed by atoms with Gasteiger partial charge >= 0.3 is 0 Å². The van der Waals surface area contributed by atoms with Crippen LogP contribution in [0.3, 0.4) is 0 Å². The number of rotatable bonds is 5. The number of aromatic nitrogens is 2. The molecule has 0 bridgehead atoms. The topological polar surface area (TPSA) is 37.8 Å². The summed E-state index contributed by atoms with van der Waals surface area (Å²) in [7, 11) is 0. The van der Waals surface area contributed by atoms with Gasteiger partial charge in [-0.2, -0.15) is 0 Å². The van der Waals surface area contributed by atoms with Gasteiger partial charge in [-0.25, -0.2) is 9.97 Å². The van der Waals surface area contributed by atoms with Crippen molar-refractivity contribution < 1.29 is 0 Å². The highest BCUT2D eigenvalue weighted by Crippen LogP contribution is 2.25. The smallest absolute Gasteiger partial charge is 0.109 e. The molecule has 0 aliphatic rings. The molecule has 0 aliphatic heterocycles. The van der Waals surface area contributed by atoms with Gasteiger partial charge in [0, 0.05) is 28.4 Å². The van der Waals surface area contributed by atoms with E-state index in [1.54, 1.807) is 22.7 Å². The first-order valence-electron chi connectivity index (χ1n) is 7.03. The van der Waals surface area contributed by atoms with Crippen LogP contribution in [0.25, 0.3) is 0 Å². The number of hydrogen-bond donors (Lipinski definition) is 1. The lowest BCUT2D eigenvalue weighted by atomic mass is 9.93. The average Bonchev–Trinajstić information content (AvgIpc) is 3.04. The molecule has 5 heteroatoms. The molecule has 0 amide bonds. The molecule has 0 saturated carbocycles. The van der Waals surface area contributed by atoms with Gasteiger partial charge in [0.05, 0.1) is 11.7 Å². The van der Waals surface area contributed by atoms with Crippen molar-refractivity contribution in [2.24, 2.45) is 0 Å². The Bertz CT molecular complexity index is 551. The van der Waals surface area contributed by atoms with E-state index in [1.807, 2.05) is 6.20 Å². The Hall–Kier alpha value is -0.780. The summed E-state index contributed by atoms with van der Waals surface area (Å²) in [6, 6.07) is 0.280. The molecule has 1 N–H and O–H groups in total. The Morgan fingerprint density at radius 1 is 1.35 bits per heavy atom. The Morgan fingerprint density at radius 2 is 2.10 bits per heavy atom. The zero-order valence-corrected chi connectivity index (χ0v) is 14.5. The van der Waals surface area contributed by atoms with Crippen LogP contribution < -0.4 is 5.32 Å². The first-order valence-corrected chi connectivity index (χ1v) is 8.72. The molecule has 0 aliphatic carbocycles.